The van der Waals surface area contributed by atoms with E-state index in [1.165, 1.54) is 5.56 Å². The summed E-state index contributed by atoms with van der Waals surface area (Å²) >= 11 is 0. The number of furan rings is 1. The van der Waals surface area contributed by atoms with Gasteiger partial charge in [-0.05, 0) is 37.0 Å². The van der Waals surface area contributed by atoms with E-state index < -0.39 is 0 Å². The Morgan fingerprint density at radius 2 is 1.75 bits per heavy atom. The van der Waals surface area contributed by atoms with Gasteiger partial charge in [0.15, 0.2) is 0 Å². The van der Waals surface area contributed by atoms with Gasteiger partial charge in [-0.15, -0.1) is 0 Å². The lowest BCUT2D eigenvalue weighted by Gasteiger charge is -2.20. The first-order valence-corrected chi connectivity index (χ1v) is 5.60. The predicted molar refractivity (Wildman–Crippen MR) is 68.8 cm³/mol. The fourth-order valence-electron chi connectivity index (χ4n) is 2.04. The maximum atomic E-state index is 6.08. The van der Waals surface area contributed by atoms with Crippen LogP contribution in [0.25, 0.3) is 11.0 Å². The van der Waals surface area contributed by atoms with Crippen LogP contribution in [0, 0.1) is 13.8 Å². The van der Waals surface area contributed by atoms with E-state index in [0.717, 1.165) is 28.0 Å². The molecule has 0 aliphatic rings. The van der Waals surface area contributed by atoms with Gasteiger partial charge in [-0.3, -0.25) is 0 Å². The van der Waals surface area contributed by atoms with Crippen LogP contribution in [0.4, 0.5) is 5.69 Å². The third-order valence-electron chi connectivity index (χ3n) is 2.98. The molecule has 0 saturated heterocycles. The van der Waals surface area contributed by atoms with E-state index in [1.807, 2.05) is 19.9 Å². The molecule has 16 heavy (non-hydrogen) atoms. The Kier molecular flexibility index (Phi) is 2.26. The molecule has 0 unspecified atom stereocenters. The number of benzene rings is 1. The van der Waals surface area contributed by atoms with E-state index in [9.17, 15) is 0 Å². The van der Waals surface area contributed by atoms with Crippen molar-refractivity contribution in [3.8, 4) is 0 Å². The molecular weight excluding hydrogens is 198 g/mol. The van der Waals surface area contributed by atoms with Crippen molar-refractivity contribution in [1.29, 1.82) is 0 Å². The quantitative estimate of drug-likeness (QED) is 0.679. The van der Waals surface area contributed by atoms with E-state index in [2.05, 4.69) is 26.8 Å². The molecule has 1 aromatic carbocycles. The zero-order chi connectivity index (χ0) is 12.1. The lowest BCUT2D eigenvalue weighted by atomic mass is 9.84. The SMILES string of the molecule is Cc1cc2c(N)c(C)cc(C(C)(C)C)c2o1. The average Bonchev–Trinajstić information content (AvgIpc) is 2.51. The highest BCUT2D eigenvalue weighted by Gasteiger charge is 2.21. The van der Waals surface area contributed by atoms with E-state index in [1.54, 1.807) is 0 Å². The topological polar surface area (TPSA) is 39.2 Å². The van der Waals surface area contributed by atoms with E-state index in [4.69, 9.17) is 10.2 Å². The van der Waals surface area contributed by atoms with E-state index in [-0.39, 0.29) is 5.41 Å². The molecule has 2 N–H and O–H groups in total. The molecule has 0 saturated carbocycles. The molecule has 2 heteroatoms. The van der Waals surface area contributed by atoms with Gasteiger partial charge in [0, 0.05) is 16.6 Å². The van der Waals surface area contributed by atoms with Crippen LogP contribution >= 0.6 is 0 Å². The van der Waals surface area contributed by atoms with Crippen molar-refractivity contribution >= 4 is 16.7 Å². The third kappa shape index (κ3) is 1.58. The second kappa shape index (κ2) is 3.27. The average molecular weight is 217 g/mol. The van der Waals surface area contributed by atoms with Gasteiger partial charge in [0.2, 0.25) is 0 Å². The maximum Gasteiger partial charge on any atom is 0.140 e. The summed E-state index contributed by atoms with van der Waals surface area (Å²) < 4.78 is 5.78. The molecule has 1 heterocycles. The first-order chi connectivity index (χ1) is 7.30. The fraction of sp³-hybridized carbons (Fsp3) is 0.429. The molecular formula is C14H19NO. The van der Waals surface area contributed by atoms with E-state index in [0.29, 0.717) is 0 Å². The van der Waals surface area contributed by atoms with Crippen molar-refractivity contribution in [2.24, 2.45) is 0 Å². The summed E-state index contributed by atoms with van der Waals surface area (Å²) in [5.74, 6) is 0.915. The van der Waals surface area contributed by atoms with Crippen LogP contribution in [0.1, 0.15) is 37.7 Å². The Bertz CT molecular complexity index is 544. The predicted octanol–water partition coefficient (Wildman–Crippen LogP) is 3.93. The van der Waals surface area contributed by atoms with Gasteiger partial charge in [0.05, 0.1) is 0 Å². The first kappa shape index (κ1) is 11.1. The second-order valence-electron chi connectivity index (χ2n) is 5.50. The zero-order valence-corrected chi connectivity index (χ0v) is 10.6. The van der Waals surface area contributed by atoms with Crippen molar-refractivity contribution < 1.29 is 4.42 Å². The minimum absolute atomic E-state index is 0.0704. The van der Waals surface area contributed by atoms with E-state index >= 15 is 0 Å². The zero-order valence-electron chi connectivity index (χ0n) is 10.6. The molecule has 0 radical (unpaired) electrons. The monoisotopic (exact) mass is 217 g/mol. The molecule has 2 nitrogen and oxygen atoms in total. The normalized spacial score (nSPS) is 12.3. The summed E-state index contributed by atoms with van der Waals surface area (Å²) in [6.07, 6.45) is 0. The number of anilines is 1. The number of nitrogens with two attached hydrogens (primary N) is 1. The third-order valence-corrected chi connectivity index (χ3v) is 2.98. The van der Waals surface area contributed by atoms with Crippen LogP contribution in [0.5, 0.6) is 0 Å². The lowest BCUT2D eigenvalue weighted by molar-refractivity contribution is 0.542. The Labute approximate surface area is 96.4 Å². The molecule has 0 amide bonds. The Morgan fingerprint density at radius 1 is 1.12 bits per heavy atom. The highest BCUT2D eigenvalue weighted by molar-refractivity contribution is 5.94. The molecule has 86 valence electrons. The summed E-state index contributed by atoms with van der Waals surface area (Å²) in [7, 11) is 0. The summed E-state index contributed by atoms with van der Waals surface area (Å²) in [4.78, 5) is 0. The van der Waals surface area contributed by atoms with Gasteiger partial charge < -0.3 is 10.2 Å². The van der Waals surface area contributed by atoms with Crippen molar-refractivity contribution in [1.82, 2.24) is 0 Å². The second-order valence-corrected chi connectivity index (χ2v) is 5.50. The van der Waals surface area contributed by atoms with Gasteiger partial charge in [0.1, 0.15) is 11.3 Å². The minimum atomic E-state index is 0.0704. The van der Waals surface area contributed by atoms with Crippen molar-refractivity contribution in [3.63, 3.8) is 0 Å². The van der Waals surface area contributed by atoms with Crippen LogP contribution in [0.3, 0.4) is 0 Å². The highest BCUT2D eigenvalue weighted by atomic mass is 16.3. The highest BCUT2D eigenvalue weighted by Crippen LogP contribution is 2.36. The number of hydrogen-bond acceptors (Lipinski definition) is 2. The number of nitrogen functional groups attached to an aromatic ring is 1. The van der Waals surface area contributed by atoms with Crippen LogP contribution < -0.4 is 5.73 Å². The van der Waals surface area contributed by atoms with Gasteiger partial charge in [-0.1, -0.05) is 20.8 Å². The Balaban J connectivity index is 2.90. The molecule has 0 fully saturated rings. The molecule has 0 spiro atoms. The van der Waals surface area contributed by atoms with Crippen molar-refractivity contribution in [2.45, 2.75) is 40.0 Å². The van der Waals surface area contributed by atoms with Gasteiger partial charge in [-0.25, -0.2) is 0 Å². The Morgan fingerprint density at radius 3 is 2.31 bits per heavy atom. The summed E-state index contributed by atoms with van der Waals surface area (Å²) in [5, 5.41) is 1.04. The number of fused-ring (bicyclic) bond motifs is 1. The number of hydrogen-bond donors (Lipinski definition) is 1. The number of aryl methyl sites for hydroxylation is 2. The van der Waals surface area contributed by atoms with Crippen LogP contribution in [-0.2, 0) is 5.41 Å². The Hall–Kier alpha value is -1.44. The summed E-state index contributed by atoms with van der Waals surface area (Å²) in [6.45, 7) is 10.6. The molecule has 0 bridgehead atoms. The van der Waals surface area contributed by atoms with Crippen LogP contribution in [-0.4, -0.2) is 0 Å². The standard InChI is InChI=1S/C14H19NO/c1-8-6-11(14(3,4)5)13-10(12(8)15)7-9(2)16-13/h6-7H,15H2,1-5H3. The van der Waals surface area contributed by atoms with Gasteiger partial charge >= 0.3 is 0 Å². The van der Waals surface area contributed by atoms with Gasteiger partial charge in [0.25, 0.3) is 0 Å². The first-order valence-electron chi connectivity index (χ1n) is 5.60. The molecule has 0 atom stereocenters. The van der Waals surface area contributed by atoms with Crippen molar-refractivity contribution in [3.05, 3.63) is 29.0 Å². The summed E-state index contributed by atoms with van der Waals surface area (Å²) in [6, 6.07) is 4.16. The minimum Gasteiger partial charge on any atom is -0.461 e. The number of rotatable bonds is 0. The maximum absolute atomic E-state index is 6.08. The summed E-state index contributed by atoms with van der Waals surface area (Å²) in [5.41, 5.74) is 10.3. The molecule has 0 aliphatic carbocycles. The molecule has 0 aliphatic heterocycles. The smallest absolute Gasteiger partial charge is 0.140 e. The molecule has 2 aromatic rings. The largest absolute Gasteiger partial charge is 0.461 e. The van der Waals surface area contributed by atoms with Gasteiger partial charge in [-0.2, -0.15) is 0 Å². The van der Waals surface area contributed by atoms with Crippen LogP contribution in [0.15, 0.2) is 16.5 Å². The molecule has 2 rings (SSSR count). The molecule has 1 aromatic heterocycles. The fourth-order valence-corrected chi connectivity index (χ4v) is 2.04. The van der Waals surface area contributed by atoms with Crippen LogP contribution in [0.2, 0.25) is 0 Å². The lowest BCUT2D eigenvalue weighted by Crippen LogP contribution is -2.12. The van der Waals surface area contributed by atoms with Crippen molar-refractivity contribution in [2.75, 3.05) is 5.73 Å².